The highest BCUT2D eigenvalue weighted by Crippen LogP contribution is 2.10. The van der Waals surface area contributed by atoms with Gasteiger partial charge in [0.25, 0.3) is 0 Å². The van der Waals surface area contributed by atoms with Crippen molar-refractivity contribution >= 4 is 12.6 Å². The SMILES string of the molecule is CCCCCCCCCc1ccc(B(OO)OO)cc1. The zero-order valence-electron chi connectivity index (χ0n) is 12.3. The predicted octanol–water partition coefficient (Wildman–Crippen LogP) is 3.65. The van der Waals surface area contributed by atoms with Gasteiger partial charge >= 0.3 is 7.12 Å². The Morgan fingerprint density at radius 3 is 1.95 bits per heavy atom. The maximum Gasteiger partial charge on any atom is 0.554 e. The fourth-order valence-electron chi connectivity index (χ4n) is 2.27. The number of unbranched alkanes of at least 4 members (excludes halogenated alkanes) is 6. The average Bonchev–Trinajstić information content (AvgIpc) is 2.49. The molecule has 5 heteroatoms. The molecule has 0 heterocycles. The van der Waals surface area contributed by atoms with E-state index in [1.165, 1.54) is 50.5 Å². The Balaban J connectivity index is 2.21. The van der Waals surface area contributed by atoms with Gasteiger partial charge in [0.15, 0.2) is 0 Å². The second kappa shape index (κ2) is 10.9. The third-order valence-corrected chi connectivity index (χ3v) is 3.51. The molecule has 2 N–H and O–H groups in total. The number of aryl methyl sites for hydroxylation is 1. The van der Waals surface area contributed by atoms with Crippen LogP contribution in [0.25, 0.3) is 0 Å². The van der Waals surface area contributed by atoms with Crippen LogP contribution in [-0.2, 0) is 16.0 Å². The molecule has 1 aromatic rings. The second-order valence-electron chi connectivity index (χ2n) is 5.16. The summed E-state index contributed by atoms with van der Waals surface area (Å²) in [4.78, 5) is 8.00. The Morgan fingerprint density at radius 1 is 0.850 bits per heavy atom. The predicted molar refractivity (Wildman–Crippen MR) is 81.0 cm³/mol. The van der Waals surface area contributed by atoms with Crippen LogP contribution in [0.5, 0.6) is 0 Å². The lowest BCUT2D eigenvalue weighted by Gasteiger charge is -2.07. The molecule has 0 aliphatic heterocycles. The number of hydrogen-bond acceptors (Lipinski definition) is 4. The average molecular weight is 280 g/mol. The first kappa shape index (κ1) is 17.2. The molecule has 20 heavy (non-hydrogen) atoms. The molecule has 0 aliphatic rings. The van der Waals surface area contributed by atoms with Gasteiger partial charge in [0.1, 0.15) is 0 Å². The molecular weight excluding hydrogens is 255 g/mol. The van der Waals surface area contributed by atoms with E-state index in [1.807, 2.05) is 12.1 Å². The van der Waals surface area contributed by atoms with E-state index in [0.29, 0.717) is 5.46 Å². The van der Waals surface area contributed by atoms with Crippen molar-refractivity contribution in [1.82, 2.24) is 0 Å². The third-order valence-electron chi connectivity index (χ3n) is 3.51. The fraction of sp³-hybridized carbons (Fsp3) is 0.600. The Labute approximate surface area is 121 Å². The van der Waals surface area contributed by atoms with Crippen LogP contribution in [0, 0.1) is 0 Å². The number of rotatable bonds is 11. The molecule has 1 aromatic carbocycles. The summed E-state index contributed by atoms with van der Waals surface area (Å²) in [6.07, 6.45) is 10.2. The fourth-order valence-corrected chi connectivity index (χ4v) is 2.27. The zero-order chi connectivity index (χ0) is 14.6. The van der Waals surface area contributed by atoms with Crippen molar-refractivity contribution in [3.05, 3.63) is 29.8 Å². The van der Waals surface area contributed by atoms with Gasteiger partial charge in [-0.3, -0.25) is 20.1 Å². The first-order chi connectivity index (χ1) is 9.81. The summed E-state index contributed by atoms with van der Waals surface area (Å²) >= 11 is 0. The summed E-state index contributed by atoms with van der Waals surface area (Å²) in [5.41, 5.74) is 1.83. The van der Waals surface area contributed by atoms with Crippen molar-refractivity contribution in [1.29, 1.82) is 0 Å². The lowest BCUT2D eigenvalue weighted by molar-refractivity contribution is -0.221. The largest absolute Gasteiger partial charge is 0.554 e. The quantitative estimate of drug-likeness (QED) is 0.281. The van der Waals surface area contributed by atoms with E-state index in [4.69, 9.17) is 10.5 Å². The maximum atomic E-state index is 8.53. The molecule has 0 atom stereocenters. The highest BCUT2D eigenvalue weighted by atomic mass is 17.2. The van der Waals surface area contributed by atoms with Crippen molar-refractivity contribution in [3.8, 4) is 0 Å². The maximum absolute atomic E-state index is 8.53. The minimum Gasteiger partial charge on any atom is -0.264 e. The van der Waals surface area contributed by atoms with E-state index in [-0.39, 0.29) is 0 Å². The molecule has 0 aromatic heterocycles. The van der Waals surface area contributed by atoms with Crippen molar-refractivity contribution < 1.29 is 20.1 Å². The van der Waals surface area contributed by atoms with Gasteiger partial charge < -0.3 is 0 Å². The van der Waals surface area contributed by atoms with E-state index in [9.17, 15) is 0 Å². The Morgan fingerprint density at radius 2 is 1.40 bits per heavy atom. The first-order valence-corrected chi connectivity index (χ1v) is 7.51. The minimum atomic E-state index is -1.14. The van der Waals surface area contributed by atoms with Crippen LogP contribution < -0.4 is 5.46 Å². The number of benzene rings is 1. The van der Waals surface area contributed by atoms with Gasteiger partial charge in [-0.05, 0) is 23.9 Å². The Kier molecular flexibility index (Phi) is 9.33. The summed E-state index contributed by atoms with van der Waals surface area (Å²) in [5, 5.41) is 17.1. The molecule has 0 radical (unpaired) electrons. The summed E-state index contributed by atoms with van der Waals surface area (Å²) in [6.45, 7) is 2.23. The molecule has 0 bridgehead atoms. The standard InChI is InChI=1S/C15H25BO4/c1-2-3-4-5-6-7-8-9-14-10-12-15(13-11-14)16(19-17)20-18/h10-13,17-18H,2-9H2,1H3. The first-order valence-electron chi connectivity index (χ1n) is 7.51. The highest BCUT2D eigenvalue weighted by molar-refractivity contribution is 6.60. The summed E-state index contributed by atoms with van der Waals surface area (Å²) < 4.78 is 0. The van der Waals surface area contributed by atoms with Gasteiger partial charge in [-0.15, -0.1) is 0 Å². The van der Waals surface area contributed by atoms with Gasteiger partial charge in [0.05, 0.1) is 0 Å². The van der Waals surface area contributed by atoms with E-state index >= 15 is 0 Å². The van der Waals surface area contributed by atoms with Gasteiger partial charge in [-0.1, -0.05) is 69.7 Å². The summed E-state index contributed by atoms with van der Waals surface area (Å²) in [7, 11) is -1.14. The molecule has 0 saturated carbocycles. The van der Waals surface area contributed by atoms with Crippen LogP contribution in [0.3, 0.4) is 0 Å². The van der Waals surface area contributed by atoms with Gasteiger partial charge in [0, 0.05) is 0 Å². The molecule has 0 aliphatic carbocycles. The molecule has 0 spiro atoms. The van der Waals surface area contributed by atoms with Crippen LogP contribution in [-0.4, -0.2) is 17.6 Å². The molecular formula is C15H25BO4. The monoisotopic (exact) mass is 280 g/mol. The van der Waals surface area contributed by atoms with Gasteiger partial charge in [-0.2, -0.15) is 0 Å². The molecule has 0 fully saturated rings. The van der Waals surface area contributed by atoms with Crippen molar-refractivity contribution in [2.45, 2.75) is 58.3 Å². The number of hydrogen-bond donors (Lipinski definition) is 2. The molecule has 1 rings (SSSR count). The molecule has 112 valence electrons. The minimum absolute atomic E-state index is 0.582. The molecule has 4 nitrogen and oxygen atoms in total. The van der Waals surface area contributed by atoms with E-state index in [2.05, 4.69) is 16.5 Å². The highest BCUT2D eigenvalue weighted by Gasteiger charge is 2.21. The van der Waals surface area contributed by atoms with Crippen molar-refractivity contribution in [3.63, 3.8) is 0 Å². The Hall–Kier alpha value is -0.875. The van der Waals surface area contributed by atoms with Crippen LogP contribution in [0.2, 0.25) is 0 Å². The molecule has 0 saturated heterocycles. The lowest BCUT2D eigenvalue weighted by atomic mass is 9.79. The van der Waals surface area contributed by atoms with Crippen LogP contribution in [0.15, 0.2) is 24.3 Å². The van der Waals surface area contributed by atoms with Gasteiger partial charge in [0.2, 0.25) is 0 Å². The topological polar surface area (TPSA) is 58.9 Å². The summed E-state index contributed by atoms with van der Waals surface area (Å²) in [5.74, 6) is 0. The van der Waals surface area contributed by atoms with E-state index < -0.39 is 7.12 Å². The molecule has 0 unspecified atom stereocenters. The normalized spacial score (nSPS) is 10.8. The zero-order valence-corrected chi connectivity index (χ0v) is 12.3. The van der Waals surface area contributed by atoms with Crippen molar-refractivity contribution in [2.75, 3.05) is 0 Å². The van der Waals surface area contributed by atoms with Crippen LogP contribution in [0.1, 0.15) is 57.4 Å². The summed E-state index contributed by atoms with van der Waals surface area (Å²) in [6, 6.07) is 7.51. The van der Waals surface area contributed by atoms with Crippen molar-refractivity contribution in [2.24, 2.45) is 0 Å². The third kappa shape index (κ3) is 6.52. The second-order valence-corrected chi connectivity index (χ2v) is 5.16. The van der Waals surface area contributed by atoms with Gasteiger partial charge in [-0.25, -0.2) is 0 Å². The van der Waals surface area contributed by atoms with Crippen LogP contribution in [0.4, 0.5) is 0 Å². The smallest absolute Gasteiger partial charge is 0.264 e. The van der Waals surface area contributed by atoms with E-state index in [1.54, 1.807) is 12.1 Å². The lowest BCUT2D eigenvalue weighted by Crippen LogP contribution is -2.35. The molecule has 0 amide bonds. The Bertz CT molecular complexity index is 338. The van der Waals surface area contributed by atoms with E-state index in [0.717, 1.165) is 6.42 Å². The van der Waals surface area contributed by atoms with Crippen LogP contribution >= 0.6 is 0 Å².